The molecule has 2 heterocycles. The Balaban J connectivity index is 2.34. The lowest BCUT2D eigenvalue weighted by atomic mass is 10.3. The van der Waals surface area contributed by atoms with E-state index >= 15 is 0 Å². The van der Waals surface area contributed by atoms with Crippen LogP contribution in [-0.2, 0) is 4.74 Å². The highest BCUT2D eigenvalue weighted by Crippen LogP contribution is 2.14. The van der Waals surface area contributed by atoms with E-state index in [1.54, 1.807) is 0 Å². The predicted octanol–water partition coefficient (Wildman–Crippen LogP) is 0.426. The van der Waals surface area contributed by atoms with E-state index < -0.39 is 0 Å². The van der Waals surface area contributed by atoms with Gasteiger partial charge in [0.2, 0.25) is 0 Å². The third kappa shape index (κ3) is 0.885. The van der Waals surface area contributed by atoms with Crippen molar-refractivity contribution < 1.29 is 4.74 Å². The van der Waals surface area contributed by atoms with Gasteiger partial charge in [0, 0.05) is 18.0 Å². The molecule has 0 N–H and O–H groups in total. The second-order valence-corrected chi connectivity index (χ2v) is 2.27. The van der Waals surface area contributed by atoms with Gasteiger partial charge in [0.25, 0.3) is 0 Å². The molecule has 0 aromatic rings. The van der Waals surface area contributed by atoms with Crippen LogP contribution in [0.5, 0.6) is 0 Å². The molecule has 0 bridgehead atoms. The fraction of sp³-hybridized carbons (Fsp3) is 0.429. The smallest absolute Gasteiger partial charge is 0.0896 e. The molecule has 0 saturated heterocycles. The standard InChI is InChI=1S/C7H8N2O/c1-2-9-7-5-10-4-6(7)3-8-1/h2-3H,1,4-5H2. The van der Waals surface area contributed by atoms with E-state index in [4.69, 9.17) is 4.74 Å². The second-order valence-electron chi connectivity index (χ2n) is 2.27. The van der Waals surface area contributed by atoms with Gasteiger partial charge < -0.3 is 4.74 Å². The van der Waals surface area contributed by atoms with E-state index in [1.807, 2.05) is 12.4 Å². The van der Waals surface area contributed by atoms with Gasteiger partial charge in [0.05, 0.1) is 25.5 Å². The quantitative estimate of drug-likeness (QED) is 0.475. The number of hydrogen-bond acceptors (Lipinski definition) is 3. The van der Waals surface area contributed by atoms with Crippen LogP contribution < -0.4 is 0 Å². The Hall–Kier alpha value is -0.960. The van der Waals surface area contributed by atoms with Crippen molar-refractivity contribution in [3.8, 4) is 0 Å². The summed E-state index contributed by atoms with van der Waals surface area (Å²) in [5, 5.41) is 0. The molecule has 0 saturated carbocycles. The zero-order valence-electron chi connectivity index (χ0n) is 5.58. The SMILES string of the molecule is C1=NCC=NC2=C1COC2. The summed E-state index contributed by atoms with van der Waals surface area (Å²) in [6.45, 7) is 2.03. The van der Waals surface area contributed by atoms with Crippen LogP contribution in [-0.4, -0.2) is 32.2 Å². The highest BCUT2D eigenvalue weighted by atomic mass is 16.5. The van der Waals surface area contributed by atoms with Gasteiger partial charge in [-0.15, -0.1) is 0 Å². The van der Waals surface area contributed by atoms with E-state index in [1.165, 1.54) is 0 Å². The molecule has 0 spiro atoms. The molecular weight excluding hydrogens is 128 g/mol. The number of rotatable bonds is 0. The molecule has 10 heavy (non-hydrogen) atoms. The molecule has 0 aliphatic carbocycles. The maximum absolute atomic E-state index is 5.17. The molecule has 2 rings (SSSR count). The van der Waals surface area contributed by atoms with Crippen LogP contribution in [0.15, 0.2) is 21.3 Å². The Labute approximate surface area is 59.1 Å². The van der Waals surface area contributed by atoms with Crippen molar-refractivity contribution in [3.05, 3.63) is 11.3 Å². The summed E-state index contributed by atoms with van der Waals surface area (Å²) in [6.07, 6.45) is 3.67. The van der Waals surface area contributed by atoms with Crippen LogP contribution in [0.4, 0.5) is 0 Å². The first-order valence-corrected chi connectivity index (χ1v) is 3.29. The fourth-order valence-corrected chi connectivity index (χ4v) is 1.03. The number of aliphatic imine (C=N–C) groups is 2. The summed E-state index contributed by atoms with van der Waals surface area (Å²) < 4.78 is 5.17. The van der Waals surface area contributed by atoms with Gasteiger partial charge in [-0.05, 0) is 0 Å². The second kappa shape index (κ2) is 2.34. The molecule has 2 aliphatic heterocycles. The first-order chi connectivity index (χ1) is 4.97. The molecule has 0 radical (unpaired) electrons. The summed E-state index contributed by atoms with van der Waals surface area (Å²) in [4.78, 5) is 8.29. The third-order valence-electron chi connectivity index (χ3n) is 1.55. The molecule has 0 aromatic heterocycles. The van der Waals surface area contributed by atoms with Gasteiger partial charge in [-0.3, -0.25) is 9.98 Å². The Morgan fingerprint density at radius 1 is 1.40 bits per heavy atom. The third-order valence-corrected chi connectivity index (χ3v) is 1.55. The molecule has 3 nitrogen and oxygen atoms in total. The first kappa shape index (κ1) is 5.80. The molecule has 3 heteroatoms. The summed E-state index contributed by atoms with van der Waals surface area (Å²) in [7, 11) is 0. The van der Waals surface area contributed by atoms with E-state index in [0.29, 0.717) is 19.8 Å². The summed E-state index contributed by atoms with van der Waals surface area (Å²) in [5.74, 6) is 0. The van der Waals surface area contributed by atoms with Crippen LogP contribution in [0.1, 0.15) is 0 Å². The van der Waals surface area contributed by atoms with Gasteiger partial charge in [0.1, 0.15) is 0 Å². The zero-order chi connectivity index (χ0) is 6.81. The van der Waals surface area contributed by atoms with Crippen LogP contribution >= 0.6 is 0 Å². The van der Waals surface area contributed by atoms with Crippen LogP contribution in [0.2, 0.25) is 0 Å². The van der Waals surface area contributed by atoms with Gasteiger partial charge in [-0.25, -0.2) is 0 Å². The maximum atomic E-state index is 5.17. The lowest BCUT2D eigenvalue weighted by molar-refractivity contribution is 0.206. The Kier molecular flexibility index (Phi) is 1.36. The monoisotopic (exact) mass is 136 g/mol. The van der Waals surface area contributed by atoms with Crippen molar-refractivity contribution in [2.75, 3.05) is 19.8 Å². The Bertz CT molecular complexity index is 206. The van der Waals surface area contributed by atoms with Crippen molar-refractivity contribution in [2.45, 2.75) is 0 Å². The fourth-order valence-electron chi connectivity index (χ4n) is 1.03. The Morgan fingerprint density at radius 2 is 2.40 bits per heavy atom. The van der Waals surface area contributed by atoms with Crippen molar-refractivity contribution in [1.82, 2.24) is 0 Å². The van der Waals surface area contributed by atoms with Crippen molar-refractivity contribution in [3.63, 3.8) is 0 Å². The molecule has 2 aliphatic rings. The van der Waals surface area contributed by atoms with Crippen molar-refractivity contribution in [1.29, 1.82) is 0 Å². The lowest BCUT2D eigenvalue weighted by Crippen LogP contribution is -1.89. The van der Waals surface area contributed by atoms with Crippen molar-refractivity contribution in [2.24, 2.45) is 9.98 Å². The van der Waals surface area contributed by atoms with Gasteiger partial charge in [0.15, 0.2) is 0 Å². The molecule has 0 unspecified atom stereocenters. The van der Waals surface area contributed by atoms with E-state index in [9.17, 15) is 0 Å². The molecule has 0 fully saturated rings. The lowest BCUT2D eigenvalue weighted by Gasteiger charge is -1.87. The van der Waals surface area contributed by atoms with Gasteiger partial charge >= 0.3 is 0 Å². The largest absolute Gasteiger partial charge is 0.370 e. The molecule has 0 atom stereocenters. The van der Waals surface area contributed by atoms with Gasteiger partial charge in [-0.1, -0.05) is 0 Å². The number of hydrogen-bond donors (Lipinski definition) is 0. The van der Waals surface area contributed by atoms with E-state index in [-0.39, 0.29) is 0 Å². The van der Waals surface area contributed by atoms with Crippen LogP contribution in [0.25, 0.3) is 0 Å². The maximum Gasteiger partial charge on any atom is 0.0896 e. The molecule has 0 amide bonds. The zero-order valence-corrected chi connectivity index (χ0v) is 5.58. The minimum absolute atomic E-state index is 0.651. The predicted molar refractivity (Wildman–Crippen MR) is 39.7 cm³/mol. The Morgan fingerprint density at radius 3 is 3.40 bits per heavy atom. The number of ether oxygens (including phenoxy) is 1. The topological polar surface area (TPSA) is 34.0 Å². The minimum atomic E-state index is 0.651. The van der Waals surface area contributed by atoms with Crippen LogP contribution in [0, 0.1) is 0 Å². The molecule has 52 valence electrons. The first-order valence-electron chi connectivity index (χ1n) is 3.29. The van der Waals surface area contributed by atoms with Crippen LogP contribution in [0.3, 0.4) is 0 Å². The number of nitrogens with zero attached hydrogens (tertiary/aromatic N) is 2. The van der Waals surface area contributed by atoms with Gasteiger partial charge in [-0.2, -0.15) is 0 Å². The highest BCUT2D eigenvalue weighted by Gasteiger charge is 2.12. The normalized spacial score (nSPS) is 23.2. The van der Waals surface area contributed by atoms with Crippen molar-refractivity contribution >= 4 is 12.4 Å². The molecular formula is C7H8N2O. The summed E-state index contributed by atoms with van der Waals surface area (Å²) >= 11 is 0. The summed E-state index contributed by atoms with van der Waals surface area (Å²) in [6, 6.07) is 0. The average Bonchev–Trinajstić information content (AvgIpc) is 2.28. The van der Waals surface area contributed by atoms with E-state index in [2.05, 4.69) is 9.98 Å². The minimum Gasteiger partial charge on any atom is -0.370 e. The average molecular weight is 136 g/mol. The highest BCUT2D eigenvalue weighted by molar-refractivity contribution is 5.84. The summed E-state index contributed by atoms with van der Waals surface area (Å²) in [5.41, 5.74) is 2.18. The van der Waals surface area contributed by atoms with E-state index in [0.717, 1.165) is 11.3 Å². The molecule has 0 aromatic carbocycles.